The van der Waals surface area contributed by atoms with E-state index in [1.54, 1.807) is 0 Å². The number of carbonyl (C=O) groups excluding carboxylic acids is 1. The molecule has 1 heterocycles. The highest BCUT2D eigenvalue weighted by Gasteiger charge is 2.20. The normalized spacial score (nSPS) is 10.4. The van der Waals surface area contributed by atoms with E-state index >= 15 is 0 Å². The molecule has 2 aromatic rings. The zero-order valence-corrected chi connectivity index (χ0v) is 11.8. The van der Waals surface area contributed by atoms with Crippen molar-refractivity contribution >= 4 is 33.3 Å². The average Bonchev–Trinajstić information content (AvgIpc) is 2.75. The molecule has 0 atom stereocenters. The van der Waals surface area contributed by atoms with Crippen LogP contribution < -0.4 is 5.32 Å². The van der Waals surface area contributed by atoms with Gasteiger partial charge in [0, 0.05) is 11.8 Å². The van der Waals surface area contributed by atoms with Crippen molar-refractivity contribution in [3.05, 3.63) is 50.6 Å². The molecular formula is C11H7BrF2N4O3. The first-order valence-electron chi connectivity index (χ1n) is 5.49. The lowest BCUT2D eigenvalue weighted by Gasteiger charge is -2.04. The Morgan fingerprint density at radius 3 is 2.71 bits per heavy atom. The number of nitro groups is 1. The van der Waals surface area contributed by atoms with Crippen molar-refractivity contribution in [2.24, 2.45) is 0 Å². The van der Waals surface area contributed by atoms with E-state index in [1.165, 1.54) is 12.3 Å². The molecule has 0 radical (unpaired) electrons. The zero-order chi connectivity index (χ0) is 15.6. The lowest BCUT2D eigenvalue weighted by molar-refractivity contribution is -0.390. The highest BCUT2D eigenvalue weighted by atomic mass is 79.9. The number of rotatable bonds is 4. The Hall–Kier alpha value is -2.36. The molecule has 0 spiro atoms. The van der Waals surface area contributed by atoms with Crippen LogP contribution in [0.15, 0.2) is 28.9 Å². The summed E-state index contributed by atoms with van der Waals surface area (Å²) in [5.41, 5.74) is 0.0691. The van der Waals surface area contributed by atoms with Crippen LogP contribution in [0.3, 0.4) is 0 Å². The molecule has 7 nitrogen and oxygen atoms in total. The molecule has 1 amide bonds. The number of nitrogens with zero attached hydrogens (tertiary/aromatic N) is 3. The molecule has 1 N–H and O–H groups in total. The van der Waals surface area contributed by atoms with E-state index in [0.29, 0.717) is 0 Å². The van der Waals surface area contributed by atoms with Crippen LogP contribution in [0.25, 0.3) is 0 Å². The van der Waals surface area contributed by atoms with Gasteiger partial charge in [-0.3, -0.25) is 4.79 Å². The van der Waals surface area contributed by atoms with Crippen molar-refractivity contribution in [3.8, 4) is 0 Å². The number of amides is 1. The number of hydrogen-bond acceptors (Lipinski definition) is 4. The number of carbonyl (C=O) groups is 1. The van der Waals surface area contributed by atoms with Gasteiger partial charge < -0.3 is 15.4 Å². The van der Waals surface area contributed by atoms with Crippen molar-refractivity contribution in [1.29, 1.82) is 0 Å². The molecule has 0 aliphatic heterocycles. The zero-order valence-electron chi connectivity index (χ0n) is 10.2. The standard InChI is InChI=1S/C11H7BrF2N4O3/c12-7-4-17(16-11(7)18(20)21)5-10(19)15-6-1-2-8(13)9(14)3-6/h1-4H,5H2,(H,15,19). The van der Waals surface area contributed by atoms with Crippen LogP contribution in [-0.4, -0.2) is 20.6 Å². The molecule has 0 aliphatic rings. The van der Waals surface area contributed by atoms with Crippen LogP contribution >= 0.6 is 15.9 Å². The summed E-state index contributed by atoms with van der Waals surface area (Å²) in [6, 6.07) is 2.90. The minimum Gasteiger partial charge on any atom is -0.358 e. The fourth-order valence-corrected chi connectivity index (χ4v) is 1.97. The van der Waals surface area contributed by atoms with E-state index in [9.17, 15) is 23.7 Å². The topological polar surface area (TPSA) is 90.1 Å². The number of aromatic nitrogens is 2. The van der Waals surface area contributed by atoms with Gasteiger partial charge in [-0.2, -0.15) is 4.68 Å². The fourth-order valence-electron chi connectivity index (χ4n) is 1.51. The van der Waals surface area contributed by atoms with Gasteiger partial charge in [-0.05, 0) is 33.0 Å². The largest absolute Gasteiger partial charge is 0.404 e. The predicted molar refractivity (Wildman–Crippen MR) is 71.6 cm³/mol. The van der Waals surface area contributed by atoms with Crippen LogP contribution in [0.5, 0.6) is 0 Å². The summed E-state index contributed by atoms with van der Waals surface area (Å²) in [6.45, 7) is -0.314. The Morgan fingerprint density at radius 1 is 1.43 bits per heavy atom. The lowest BCUT2D eigenvalue weighted by Crippen LogP contribution is -2.19. The maximum atomic E-state index is 13.0. The van der Waals surface area contributed by atoms with Crippen LogP contribution in [0, 0.1) is 21.7 Å². The van der Waals surface area contributed by atoms with E-state index in [1.807, 2.05) is 0 Å². The molecule has 0 aliphatic carbocycles. The van der Waals surface area contributed by atoms with Crippen molar-refractivity contribution in [2.45, 2.75) is 6.54 Å². The first kappa shape index (κ1) is 15.0. The minimum atomic E-state index is -1.09. The molecule has 0 saturated heterocycles. The van der Waals surface area contributed by atoms with Crippen LogP contribution in [0.2, 0.25) is 0 Å². The van der Waals surface area contributed by atoms with Gasteiger partial charge in [-0.15, -0.1) is 0 Å². The predicted octanol–water partition coefficient (Wildman–Crippen LogP) is 2.47. The molecule has 0 bridgehead atoms. The fraction of sp³-hybridized carbons (Fsp3) is 0.0909. The summed E-state index contributed by atoms with van der Waals surface area (Å²) in [4.78, 5) is 21.6. The van der Waals surface area contributed by atoms with Gasteiger partial charge >= 0.3 is 5.82 Å². The summed E-state index contributed by atoms with van der Waals surface area (Å²) >= 11 is 2.94. The number of nitrogens with one attached hydrogen (secondary N) is 1. The Kier molecular flexibility index (Phi) is 4.26. The third kappa shape index (κ3) is 3.60. The Bertz CT molecular complexity index is 719. The van der Waals surface area contributed by atoms with Gasteiger partial charge in [0.05, 0.1) is 11.3 Å². The third-order valence-electron chi connectivity index (χ3n) is 2.38. The quantitative estimate of drug-likeness (QED) is 0.669. The number of anilines is 1. The molecule has 1 aromatic carbocycles. The Labute approximate surface area is 124 Å². The van der Waals surface area contributed by atoms with E-state index < -0.39 is 28.3 Å². The van der Waals surface area contributed by atoms with Gasteiger partial charge in [-0.1, -0.05) is 0 Å². The van der Waals surface area contributed by atoms with E-state index in [4.69, 9.17) is 0 Å². The van der Waals surface area contributed by atoms with Crippen molar-refractivity contribution in [3.63, 3.8) is 0 Å². The first-order chi connectivity index (χ1) is 9.86. The Balaban J connectivity index is 2.06. The molecule has 10 heteroatoms. The molecule has 21 heavy (non-hydrogen) atoms. The molecule has 1 aromatic heterocycles. The Morgan fingerprint density at radius 2 is 2.14 bits per heavy atom. The van der Waals surface area contributed by atoms with Gasteiger partial charge in [0.15, 0.2) is 11.6 Å². The second-order valence-electron chi connectivity index (χ2n) is 3.93. The molecular weight excluding hydrogens is 354 g/mol. The SMILES string of the molecule is O=C(Cn1cc(Br)c([N+](=O)[O-])n1)Nc1ccc(F)c(F)c1. The van der Waals surface area contributed by atoms with Crippen LogP contribution in [-0.2, 0) is 11.3 Å². The van der Waals surface area contributed by atoms with Crippen LogP contribution in [0.1, 0.15) is 0 Å². The summed E-state index contributed by atoms with van der Waals surface area (Å²) < 4.78 is 26.9. The highest BCUT2D eigenvalue weighted by Crippen LogP contribution is 2.22. The summed E-state index contributed by atoms with van der Waals surface area (Å²) in [7, 11) is 0. The van der Waals surface area contributed by atoms with E-state index in [-0.39, 0.29) is 16.7 Å². The van der Waals surface area contributed by atoms with E-state index in [0.717, 1.165) is 16.8 Å². The summed E-state index contributed by atoms with van der Waals surface area (Å²) in [5.74, 6) is -3.13. The van der Waals surface area contributed by atoms with Gasteiger partial charge in [0.25, 0.3) is 0 Å². The maximum absolute atomic E-state index is 13.0. The molecule has 0 unspecified atom stereocenters. The van der Waals surface area contributed by atoms with Gasteiger partial charge in [0.2, 0.25) is 5.91 Å². The third-order valence-corrected chi connectivity index (χ3v) is 2.94. The van der Waals surface area contributed by atoms with Crippen molar-refractivity contribution in [1.82, 2.24) is 9.78 Å². The molecule has 110 valence electrons. The first-order valence-corrected chi connectivity index (χ1v) is 6.28. The average molecular weight is 361 g/mol. The number of hydrogen-bond donors (Lipinski definition) is 1. The smallest absolute Gasteiger partial charge is 0.358 e. The highest BCUT2D eigenvalue weighted by molar-refractivity contribution is 9.10. The minimum absolute atomic E-state index is 0.0691. The van der Waals surface area contributed by atoms with Crippen LogP contribution in [0.4, 0.5) is 20.3 Å². The number of benzene rings is 1. The second-order valence-corrected chi connectivity index (χ2v) is 4.79. The lowest BCUT2D eigenvalue weighted by atomic mass is 10.3. The monoisotopic (exact) mass is 360 g/mol. The maximum Gasteiger partial charge on any atom is 0.404 e. The second kappa shape index (κ2) is 5.95. The van der Waals surface area contributed by atoms with Crippen molar-refractivity contribution in [2.75, 3.05) is 5.32 Å². The molecule has 2 rings (SSSR count). The molecule has 0 saturated carbocycles. The summed E-state index contributed by atoms with van der Waals surface area (Å²) in [5, 5.41) is 16.5. The van der Waals surface area contributed by atoms with Gasteiger partial charge in [0.1, 0.15) is 11.0 Å². The van der Waals surface area contributed by atoms with E-state index in [2.05, 4.69) is 26.3 Å². The van der Waals surface area contributed by atoms with Gasteiger partial charge in [-0.25, -0.2) is 8.78 Å². The summed E-state index contributed by atoms with van der Waals surface area (Å²) in [6.07, 6.45) is 1.27. The molecule has 0 fully saturated rings. The van der Waals surface area contributed by atoms with Crippen molar-refractivity contribution < 1.29 is 18.5 Å². The number of halogens is 3.